The SMILES string of the molecule is CC1(C)CNCC(N)(c2ccccc2)C1. The molecule has 82 valence electrons. The lowest BCUT2D eigenvalue weighted by Crippen LogP contribution is -2.55. The van der Waals surface area contributed by atoms with Gasteiger partial charge in [-0.1, -0.05) is 44.2 Å². The molecule has 1 aromatic rings. The van der Waals surface area contributed by atoms with Crippen molar-refractivity contribution >= 4 is 0 Å². The fourth-order valence-corrected chi connectivity index (χ4v) is 2.58. The van der Waals surface area contributed by atoms with Crippen molar-refractivity contribution in [2.75, 3.05) is 13.1 Å². The first-order valence-electron chi connectivity index (χ1n) is 5.57. The van der Waals surface area contributed by atoms with Gasteiger partial charge in [-0.15, -0.1) is 0 Å². The van der Waals surface area contributed by atoms with Crippen LogP contribution in [0, 0.1) is 5.41 Å². The molecule has 1 aliphatic heterocycles. The molecule has 1 saturated heterocycles. The van der Waals surface area contributed by atoms with Crippen LogP contribution in [-0.2, 0) is 5.54 Å². The van der Waals surface area contributed by atoms with Gasteiger partial charge in [0.05, 0.1) is 5.54 Å². The molecule has 1 atom stereocenters. The lowest BCUT2D eigenvalue weighted by molar-refractivity contribution is 0.171. The van der Waals surface area contributed by atoms with Crippen LogP contribution in [0.3, 0.4) is 0 Å². The third-order valence-corrected chi connectivity index (χ3v) is 3.19. The summed E-state index contributed by atoms with van der Waals surface area (Å²) in [5.41, 5.74) is 7.81. The van der Waals surface area contributed by atoms with E-state index >= 15 is 0 Å². The highest BCUT2D eigenvalue weighted by molar-refractivity contribution is 5.25. The van der Waals surface area contributed by atoms with Crippen molar-refractivity contribution in [3.8, 4) is 0 Å². The molecule has 0 saturated carbocycles. The molecule has 2 nitrogen and oxygen atoms in total. The molecule has 2 heteroatoms. The van der Waals surface area contributed by atoms with E-state index in [1.807, 2.05) is 6.07 Å². The highest BCUT2D eigenvalue weighted by atomic mass is 15.0. The second-order valence-corrected chi connectivity index (χ2v) is 5.47. The zero-order chi connectivity index (χ0) is 10.9. The molecule has 3 N–H and O–H groups in total. The summed E-state index contributed by atoms with van der Waals surface area (Å²) in [7, 11) is 0. The van der Waals surface area contributed by atoms with Crippen LogP contribution in [0.1, 0.15) is 25.8 Å². The first-order chi connectivity index (χ1) is 7.02. The van der Waals surface area contributed by atoms with Gasteiger partial charge < -0.3 is 11.1 Å². The summed E-state index contributed by atoms with van der Waals surface area (Å²) in [6.45, 7) is 6.46. The molecule has 1 heterocycles. The molecule has 0 radical (unpaired) electrons. The van der Waals surface area contributed by atoms with Crippen LogP contribution in [0.4, 0.5) is 0 Å². The van der Waals surface area contributed by atoms with E-state index in [0.29, 0.717) is 0 Å². The second kappa shape index (κ2) is 3.62. The number of benzene rings is 1. The van der Waals surface area contributed by atoms with Gasteiger partial charge in [-0.25, -0.2) is 0 Å². The van der Waals surface area contributed by atoms with E-state index in [0.717, 1.165) is 19.5 Å². The van der Waals surface area contributed by atoms with Crippen LogP contribution >= 0.6 is 0 Å². The number of nitrogens with one attached hydrogen (secondary N) is 1. The minimum atomic E-state index is -0.205. The Hall–Kier alpha value is -0.860. The molecule has 2 rings (SSSR count). The summed E-state index contributed by atoms with van der Waals surface area (Å²) in [4.78, 5) is 0. The van der Waals surface area contributed by atoms with Crippen molar-refractivity contribution in [2.45, 2.75) is 25.8 Å². The Bertz CT molecular complexity index is 332. The maximum absolute atomic E-state index is 6.49. The van der Waals surface area contributed by atoms with Crippen LogP contribution in [0.2, 0.25) is 0 Å². The normalized spacial score (nSPS) is 30.1. The van der Waals surface area contributed by atoms with Gasteiger partial charge in [0.2, 0.25) is 0 Å². The largest absolute Gasteiger partial charge is 0.320 e. The number of nitrogens with two attached hydrogens (primary N) is 1. The van der Waals surface area contributed by atoms with E-state index in [-0.39, 0.29) is 11.0 Å². The highest BCUT2D eigenvalue weighted by Crippen LogP contribution is 2.35. The molecule has 0 amide bonds. The minimum absolute atomic E-state index is 0.205. The molecular formula is C13H20N2. The average Bonchev–Trinajstić information content (AvgIpc) is 2.17. The Labute approximate surface area is 91.9 Å². The fraction of sp³-hybridized carbons (Fsp3) is 0.538. The number of hydrogen-bond acceptors (Lipinski definition) is 2. The van der Waals surface area contributed by atoms with E-state index in [2.05, 4.69) is 43.4 Å². The van der Waals surface area contributed by atoms with Crippen molar-refractivity contribution in [2.24, 2.45) is 11.1 Å². The van der Waals surface area contributed by atoms with Gasteiger partial charge in [-0.3, -0.25) is 0 Å². The van der Waals surface area contributed by atoms with Crippen molar-refractivity contribution < 1.29 is 0 Å². The minimum Gasteiger partial charge on any atom is -0.320 e. The van der Waals surface area contributed by atoms with Gasteiger partial charge in [0.25, 0.3) is 0 Å². The maximum atomic E-state index is 6.49. The molecule has 0 spiro atoms. The maximum Gasteiger partial charge on any atom is 0.0541 e. The first-order valence-corrected chi connectivity index (χ1v) is 5.57. The smallest absolute Gasteiger partial charge is 0.0541 e. The van der Waals surface area contributed by atoms with E-state index in [1.165, 1.54) is 5.56 Å². The molecule has 1 aliphatic rings. The fourth-order valence-electron chi connectivity index (χ4n) is 2.58. The predicted octanol–water partition coefficient (Wildman–Crippen LogP) is 1.86. The van der Waals surface area contributed by atoms with E-state index in [1.54, 1.807) is 0 Å². The first kappa shape index (κ1) is 10.7. The Morgan fingerprint density at radius 3 is 2.40 bits per heavy atom. The van der Waals surface area contributed by atoms with Crippen LogP contribution in [0.25, 0.3) is 0 Å². The third-order valence-electron chi connectivity index (χ3n) is 3.19. The lowest BCUT2D eigenvalue weighted by Gasteiger charge is -2.43. The monoisotopic (exact) mass is 204 g/mol. The van der Waals surface area contributed by atoms with Gasteiger partial charge in [-0.2, -0.15) is 0 Å². The summed E-state index contributed by atoms with van der Waals surface area (Å²) < 4.78 is 0. The van der Waals surface area contributed by atoms with Crippen molar-refractivity contribution in [1.29, 1.82) is 0 Å². The Balaban J connectivity index is 2.27. The second-order valence-electron chi connectivity index (χ2n) is 5.47. The number of piperidine rings is 1. The Morgan fingerprint density at radius 2 is 1.80 bits per heavy atom. The van der Waals surface area contributed by atoms with Crippen molar-refractivity contribution in [3.63, 3.8) is 0 Å². The van der Waals surface area contributed by atoms with Gasteiger partial charge in [0, 0.05) is 13.1 Å². The molecule has 1 unspecified atom stereocenters. The van der Waals surface area contributed by atoms with E-state index < -0.39 is 0 Å². The summed E-state index contributed by atoms with van der Waals surface area (Å²) in [5.74, 6) is 0. The lowest BCUT2D eigenvalue weighted by atomic mass is 9.72. The van der Waals surface area contributed by atoms with Gasteiger partial charge in [0.15, 0.2) is 0 Å². The zero-order valence-corrected chi connectivity index (χ0v) is 9.59. The molecule has 0 aromatic heterocycles. The van der Waals surface area contributed by atoms with Crippen LogP contribution < -0.4 is 11.1 Å². The standard InChI is InChI=1S/C13H20N2/c1-12(2)8-13(14,10-15-9-12)11-6-4-3-5-7-11/h3-7,15H,8-10,14H2,1-2H3. The van der Waals surface area contributed by atoms with Crippen LogP contribution in [0.5, 0.6) is 0 Å². The third kappa shape index (κ3) is 2.21. The van der Waals surface area contributed by atoms with Crippen LogP contribution in [-0.4, -0.2) is 13.1 Å². The summed E-state index contributed by atoms with van der Waals surface area (Å²) in [5, 5.41) is 3.44. The molecule has 1 fully saturated rings. The molecule has 0 aliphatic carbocycles. The quantitative estimate of drug-likeness (QED) is 0.733. The average molecular weight is 204 g/mol. The molecular weight excluding hydrogens is 184 g/mol. The predicted molar refractivity (Wildman–Crippen MR) is 63.6 cm³/mol. The number of rotatable bonds is 1. The molecule has 0 bridgehead atoms. The van der Waals surface area contributed by atoms with E-state index in [4.69, 9.17) is 5.73 Å². The van der Waals surface area contributed by atoms with Crippen LogP contribution in [0.15, 0.2) is 30.3 Å². The van der Waals surface area contributed by atoms with Crippen molar-refractivity contribution in [3.05, 3.63) is 35.9 Å². The summed E-state index contributed by atoms with van der Waals surface area (Å²) in [6.07, 6.45) is 1.04. The topological polar surface area (TPSA) is 38.0 Å². The molecule has 15 heavy (non-hydrogen) atoms. The highest BCUT2D eigenvalue weighted by Gasteiger charge is 2.37. The Kier molecular flexibility index (Phi) is 2.57. The van der Waals surface area contributed by atoms with Gasteiger partial charge >= 0.3 is 0 Å². The van der Waals surface area contributed by atoms with E-state index in [9.17, 15) is 0 Å². The number of hydrogen-bond donors (Lipinski definition) is 2. The summed E-state index contributed by atoms with van der Waals surface area (Å²) >= 11 is 0. The summed E-state index contributed by atoms with van der Waals surface area (Å²) in [6, 6.07) is 10.4. The van der Waals surface area contributed by atoms with Gasteiger partial charge in [0.1, 0.15) is 0 Å². The molecule has 1 aromatic carbocycles. The van der Waals surface area contributed by atoms with Gasteiger partial charge in [-0.05, 0) is 17.4 Å². The Morgan fingerprint density at radius 1 is 1.13 bits per heavy atom. The zero-order valence-electron chi connectivity index (χ0n) is 9.59. The van der Waals surface area contributed by atoms with Crippen molar-refractivity contribution in [1.82, 2.24) is 5.32 Å².